The number of furan rings is 1. The van der Waals surface area contributed by atoms with Crippen LogP contribution in [0.4, 0.5) is 0 Å². The molecule has 0 bridgehead atoms. The van der Waals surface area contributed by atoms with E-state index in [0.29, 0.717) is 29.4 Å². The smallest absolute Gasteiger partial charge is 0.275 e. The van der Waals surface area contributed by atoms with Gasteiger partial charge in [0.2, 0.25) is 0 Å². The molecular formula is C16H17ClN4O3. The van der Waals surface area contributed by atoms with Crippen LogP contribution in [0.15, 0.2) is 29.1 Å². The molecule has 1 aliphatic heterocycles. The van der Waals surface area contributed by atoms with Crippen molar-refractivity contribution in [2.75, 3.05) is 13.1 Å². The van der Waals surface area contributed by atoms with Gasteiger partial charge in [-0.1, -0.05) is 11.6 Å². The zero-order valence-corrected chi connectivity index (χ0v) is 14.2. The zero-order valence-electron chi connectivity index (χ0n) is 13.4. The summed E-state index contributed by atoms with van der Waals surface area (Å²) in [6.45, 7) is 2.81. The Balaban J connectivity index is 1.76. The van der Waals surface area contributed by atoms with Crippen LogP contribution in [0.2, 0.25) is 5.15 Å². The summed E-state index contributed by atoms with van der Waals surface area (Å²) in [5, 5.41) is 7.53. The summed E-state index contributed by atoms with van der Waals surface area (Å²) in [6.07, 6.45) is 6.58. The first-order chi connectivity index (χ1) is 11.5. The number of aryl methyl sites for hydroxylation is 2. The maximum absolute atomic E-state index is 12.5. The van der Waals surface area contributed by atoms with Gasteiger partial charge in [0.05, 0.1) is 17.5 Å². The molecule has 2 aromatic rings. The number of nitrogens with zero attached hydrogens (tertiary/aromatic N) is 4. The van der Waals surface area contributed by atoms with Gasteiger partial charge in [-0.2, -0.15) is 5.10 Å². The monoisotopic (exact) mass is 348 g/mol. The summed E-state index contributed by atoms with van der Waals surface area (Å²) < 4.78 is 6.48. The minimum Gasteiger partial charge on any atom is -0.472 e. The Morgan fingerprint density at radius 1 is 1.33 bits per heavy atom. The molecule has 1 aliphatic rings. The molecule has 24 heavy (non-hydrogen) atoms. The van der Waals surface area contributed by atoms with Gasteiger partial charge in [-0.05, 0) is 25.5 Å². The molecule has 0 saturated carbocycles. The van der Waals surface area contributed by atoms with E-state index in [1.807, 2.05) is 6.92 Å². The first kappa shape index (κ1) is 16.3. The molecule has 1 saturated heterocycles. The second-order valence-corrected chi connectivity index (χ2v) is 5.86. The van der Waals surface area contributed by atoms with Gasteiger partial charge in [0, 0.05) is 31.8 Å². The van der Waals surface area contributed by atoms with Crippen molar-refractivity contribution in [2.24, 2.45) is 7.05 Å². The maximum atomic E-state index is 12.5. The van der Waals surface area contributed by atoms with Crippen LogP contribution in [0.1, 0.15) is 28.0 Å². The van der Waals surface area contributed by atoms with Crippen molar-refractivity contribution in [1.29, 1.82) is 0 Å². The van der Waals surface area contributed by atoms with Gasteiger partial charge in [0.15, 0.2) is 0 Å². The molecule has 0 radical (unpaired) electrons. The van der Waals surface area contributed by atoms with Gasteiger partial charge < -0.3 is 4.42 Å². The number of carbonyl (C=O) groups is 2. The summed E-state index contributed by atoms with van der Waals surface area (Å²) in [7, 11) is 1.74. The predicted octanol–water partition coefficient (Wildman–Crippen LogP) is 2.28. The fraction of sp³-hybridized carbons (Fsp3) is 0.312. The molecule has 1 fully saturated rings. The molecule has 2 amide bonds. The summed E-state index contributed by atoms with van der Waals surface area (Å²) in [4.78, 5) is 24.9. The van der Waals surface area contributed by atoms with Crippen molar-refractivity contribution in [2.45, 2.75) is 13.3 Å². The Bertz CT molecular complexity index is 795. The van der Waals surface area contributed by atoms with Crippen molar-refractivity contribution >= 4 is 29.5 Å². The van der Waals surface area contributed by atoms with E-state index in [-0.39, 0.29) is 11.8 Å². The van der Waals surface area contributed by atoms with Crippen LogP contribution in [0, 0.1) is 6.92 Å². The number of halogens is 1. The van der Waals surface area contributed by atoms with Crippen LogP contribution in [0.25, 0.3) is 6.08 Å². The Kier molecular flexibility index (Phi) is 4.44. The zero-order chi connectivity index (χ0) is 17.3. The number of hydrogen-bond acceptors (Lipinski definition) is 4. The lowest BCUT2D eigenvalue weighted by Gasteiger charge is -2.26. The van der Waals surface area contributed by atoms with E-state index in [1.54, 1.807) is 23.9 Å². The van der Waals surface area contributed by atoms with Crippen LogP contribution in [-0.4, -0.2) is 44.7 Å². The van der Waals surface area contributed by atoms with Gasteiger partial charge in [-0.15, -0.1) is 0 Å². The van der Waals surface area contributed by atoms with E-state index in [0.717, 1.165) is 12.1 Å². The Morgan fingerprint density at radius 3 is 2.71 bits per heavy atom. The van der Waals surface area contributed by atoms with E-state index in [4.69, 9.17) is 16.0 Å². The van der Waals surface area contributed by atoms with Gasteiger partial charge in [0.25, 0.3) is 11.8 Å². The fourth-order valence-electron chi connectivity index (χ4n) is 2.66. The van der Waals surface area contributed by atoms with E-state index in [9.17, 15) is 9.59 Å². The topological polar surface area (TPSA) is 71.6 Å². The van der Waals surface area contributed by atoms with E-state index in [2.05, 4.69) is 5.10 Å². The summed E-state index contributed by atoms with van der Waals surface area (Å²) in [5.74, 6) is -0.526. The van der Waals surface area contributed by atoms with Gasteiger partial charge in [0.1, 0.15) is 11.4 Å². The lowest BCUT2D eigenvalue weighted by Crippen LogP contribution is -2.44. The highest BCUT2D eigenvalue weighted by Crippen LogP contribution is 2.21. The number of carbonyl (C=O) groups excluding carboxylic acids is 2. The molecule has 0 aromatic carbocycles. The van der Waals surface area contributed by atoms with Crippen LogP contribution >= 0.6 is 11.6 Å². The molecule has 0 atom stereocenters. The first-order valence-corrected chi connectivity index (χ1v) is 7.89. The van der Waals surface area contributed by atoms with Crippen molar-refractivity contribution < 1.29 is 14.0 Å². The summed E-state index contributed by atoms with van der Waals surface area (Å²) >= 11 is 6.15. The third-order valence-electron chi connectivity index (χ3n) is 3.88. The molecule has 126 valence electrons. The summed E-state index contributed by atoms with van der Waals surface area (Å²) in [6, 6.07) is 1.58. The highest BCUT2D eigenvalue weighted by atomic mass is 35.5. The Morgan fingerprint density at radius 2 is 2.08 bits per heavy atom. The molecule has 8 heteroatoms. The lowest BCUT2D eigenvalue weighted by atomic mass is 10.2. The minimum atomic E-state index is -0.274. The van der Waals surface area contributed by atoms with Crippen molar-refractivity contribution in [3.8, 4) is 0 Å². The molecule has 3 heterocycles. The van der Waals surface area contributed by atoms with E-state index >= 15 is 0 Å². The maximum Gasteiger partial charge on any atom is 0.275 e. The molecule has 7 nitrogen and oxygen atoms in total. The number of rotatable bonds is 3. The lowest BCUT2D eigenvalue weighted by molar-refractivity contribution is -0.134. The third kappa shape index (κ3) is 2.94. The SMILES string of the molecule is Cc1nn(C)c(Cl)c1/C=C/C(=O)N1CCCN1C(=O)c1ccoc1. The van der Waals surface area contributed by atoms with Gasteiger partial charge in [-0.25, -0.2) is 10.0 Å². The van der Waals surface area contributed by atoms with Crippen molar-refractivity contribution in [3.63, 3.8) is 0 Å². The van der Waals surface area contributed by atoms with E-state index in [1.165, 1.54) is 28.6 Å². The quantitative estimate of drug-likeness (QED) is 0.798. The Labute approximate surface area is 144 Å². The normalized spacial score (nSPS) is 14.8. The average Bonchev–Trinajstić information content (AvgIpc) is 3.28. The third-order valence-corrected chi connectivity index (χ3v) is 4.33. The number of hydrazine groups is 1. The van der Waals surface area contributed by atoms with Crippen LogP contribution in [-0.2, 0) is 11.8 Å². The van der Waals surface area contributed by atoms with Crippen molar-refractivity contribution in [1.82, 2.24) is 19.8 Å². The van der Waals surface area contributed by atoms with E-state index < -0.39 is 0 Å². The minimum absolute atomic E-state index is 0.251. The predicted molar refractivity (Wildman–Crippen MR) is 88.1 cm³/mol. The Hall–Kier alpha value is -2.54. The first-order valence-electron chi connectivity index (χ1n) is 7.51. The number of amides is 2. The van der Waals surface area contributed by atoms with Gasteiger partial charge >= 0.3 is 0 Å². The highest BCUT2D eigenvalue weighted by molar-refractivity contribution is 6.31. The molecule has 3 rings (SSSR count). The molecule has 0 unspecified atom stereocenters. The number of aromatic nitrogens is 2. The van der Waals surface area contributed by atoms with Crippen LogP contribution in [0.3, 0.4) is 0 Å². The van der Waals surface area contributed by atoms with Crippen LogP contribution < -0.4 is 0 Å². The van der Waals surface area contributed by atoms with Crippen molar-refractivity contribution in [3.05, 3.63) is 46.6 Å². The molecule has 0 aliphatic carbocycles. The summed E-state index contributed by atoms with van der Waals surface area (Å²) in [5.41, 5.74) is 1.85. The largest absolute Gasteiger partial charge is 0.472 e. The van der Waals surface area contributed by atoms with Crippen LogP contribution in [0.5, 0.6) is 0 Å². The number of hydrogen-bond donors (Lipinski definition) is 0. The van der Waals surface area contributed by atoms with Gasteiger partial charge in [-0.3, -0.25) is 14.3 Å². The molecular weight excluding hydrogens is 332 g/mol. The molecule has 0 N–H and O–H groups in total. The molecule has 2 aromatic heterocycles. The second kappa shape index (κ2) is 6.52. The second-order valence-electron chi connectivity index (χ2n) is 5.50. The highest BCUT2D eigenvalue weighted by Gasteiger charge is 2.30. The fourth-order valence-corrected chi connectivity index (χ4v) is 2.90. The standard InChI is InChI=1S/C16H17ClN4O3/c1-11-13(15(17)19(2)18-11)4-5-14(22)20-7-3-8-21(20)16(23)12-6-9-24-10-12/h4-6,9-10H,3,7-8H2,1-2H3/b5-4+. The molecule has 0 spiro atoms. The average molecular weight is 349 g/mol.